The number of para-hydroxylation sites is 1. The fourth-order valence-corrected chi connectivity index (χ4v) is 2.70. The molecule has 25 heavy (non-hydrogen) atoms. The lowest BCUT2D eigenvalue weighted by atomic mass is 10.1. The molecule has 2 aromatic rings. The Bertz CT molecular complexity index is 800. The van der Waals surface area contributed by atoms with Gasteiger partial charge in [0.25, 0.3) is 0 Å². The Morgan fingerprint density at radius 2 is 2.20 bits per heavy atom. The average molecular weight is 343 g/mol. The smallest absolute Gasteiger partial charge is 0.320 e. The van der Waals surface area contributed by atoms with E-state index in [9.17, 15) is 9.59 Å². The van der Waals surface area contributed by atoms with Crippen LogP contribution in [0.4, 0.5) is 10.6 Å². The largest absolute Gasteiger partial charge is 0.493 e. The van der Waals surface area contributed by atoms with E-state index < -0.39 is 0 Å². The van der Waals surface area contributed by atoms with Crippen molar-refractivity contribution in [2.75, 3.05) is 19.0 Å². The molecule has 0 saturated heterocycles. The standard InChI is InChI=1S/C17H21N5O3/c1-11-8-14(21-22(11)10-15(23)18-2)20-17(24)19-9-13-5-3-4-12-6-7-25-16(12)13/h3-5,8H,6-7,9-10H2,1-2H3,(H,18,23)(H2,19,20,21,24). The molecule has 132 valence electrons. The van der Waals surface area contributed by atoms with E-state index in [1.54, 1.807) is 13.1 Å². The number of fused-ring (bicyclic) bond motifs is 1. The van der Waals surface area contributed by atoms with E-state index in [2.05, 4.69) is 21.0 Å². The van der Waals surface area contributed by atoms with Crippen LogP contribution in [0.15, 0.2) is 24.3 Å². The fourth-order valence-electron chi connectivity index (χ4n) is 2.70. The Labute approximate surface area is 145 Å². The Morgan fingerprint density at radius 3 is 3.00 bits per heavy atom. The summed E-state index contributed by atoms with van der Waals surface area (Å²) in [4.78, 5) is 23.5. The molecule has 0 bridgehead atoms. The van der Waals surface area contributed by atoms with Gasteiger partial charge in [-0.3, -0.25) is 14.8 Å². The minimum Gasteiger partial charge on any atom is -0.493 e. The van der Waals surface area contributed by atoms with Crippen LogP contribution in [-0.2, 0) is 24.3 Å². The maximum absolute atomic E-state index is 12.1. The number of hydrogen-bond acceptors (Lipinski definition) is 4. The molecule has 3 rings (SSSR count). The highest BCUT2D eigenvalue weighted by atomic mass is 16.5. The zero-order valence-corrected chi connectivity index (χ0v) is 14.3. The van der Waals surface area contributed by atoms with Crippen LogP contribution in [-0.4, -0.2) is 35.4 Å². The van der Waals surface area contributed by atoms with Crippen LogP contribution in [0.25, 0.3) is 0 Å². The Morgan fingerprint density at radius 1 is 1.36 bits per heavy atom. The molecule has 8 heteroatoms. The number of carbonyl (C=O) groups is 2. The first kappa shape index (κ1) is 16.8. The number of urea groups is 1. The van der Waals surface area contributed by atoms with E-state index in [1.165, 1.54) is 10.2 Å². The zero-order valence-electron chi connectivity index (χ0n) is 14.3. The molecule has 8 nitrogen and oxygen atoms in total. The van der Waals surface area contributed by atoms with Crippen molar-refractivity contribution < 1.29 is 14.3 Å². The maximum Gasteiger partial charge on any atom is 0.320 e. The van der Waals surface area contributed by atoms with Crippen molar-refractivity contribution >= 4 is 17.8 Å². The number of amides is 3. The van der Waals surface area contributed by atoms with Crippen LogP contribution >= 0.6 is 0 Å². The fraction of sp³-hybridized carbons (Fsp3) is 0.353. The van der Waals surface area contributed by atoms with Gasteiger partial charge in [0.1, 0.15) is 12.3 Å². The summed E-state index contributed by atoms with van der Waals surface area (Å²) in [5.41, 5.74) is 2.91. The number of hydrogen-bond donors (Lipinski definition) is 3. The van der Waals surface area contributed by atoms with Crippen molar-refractivity contribution in [3.05, 3.63) is 41.1 Å². The third kappa shape index (κ3) is 3.90. The molecule has 0 aliphatic carbocycles. The van der Waals surface area contributed by atoms with E-state index >= 15 is 0 Å². The van der Waals surface area contributed by atoms with Gasteiger partial charge < -0.3 is 15.4 Å². The minimum atomic E-state index is -0.361. The van der Waals surface area contributed by atoms with Crippen LogP contribution in [0.3, 0.4) is 0 Å². The van der Waals surface area contributed by atoms with E-state index in [-0.39, 0.29) is 18.5 Å². The monoisotopic (exact) mass is 343 g/mol. The molecule has 0 spiro atoms. The first-order valence-corrected chi connectivity index (χ1v) is 8.10. The molecule has 1 aliphatic heterocycles. The number of ether oxygens (including phenoxy) is 1. The molecule has 0 atom stereocenters. The van der Waals surface area contributed by atoms with Crippen molar-refractivity contribution in [2.24, 2.45) is 0 Å². The van der Waals surface area contributed by atoms with E-state index in [0.29, 0.717) is 19.0 Å². The Balaban J connectivity index is 1.57. The average Bonchev–Trinajstić information content (AvgIpc) is 3.20. The highest BCUT2D eigenvalue weighted by molar-refractivity contribution is 5.88. The van der Waals surface area contributed by atoms with Gasteiger partial charge in [-0.05, 0) is 12.5 Å². The van der Waals surface area contributed by atoms with Gasteiger partial charge in [-0.1, -0.05) is 18.2 Å². The van der Waals surface area contributed by atoms with Crippen molar-refractivity contribution in [1.29, 1.82) is 0 Å². The summed E-state index contributed by atoms with van der Waals surface area (Å²) in [6.45, 7) is 2.98. The number of carbonyl (C=O) groups excluding carboxylic acids is 2. The van der Waals surface area contributed by atoms with Gasteiger partial charge in [0.2, 0.25) is 5.91 Å². The van der Waals surface area contributed by atoms with Crippen LogP contribution in [0.5, 0.6) is 5.75 Å². The molecule has 2 heterocycles. The van der Waals surface area contributed by atoms with Gasteiger partial charge in [0, 0.05) is 37.3 Å². The minimum absolute atomic E-state index is 0.110. The molecule has 0 unspecified atom stereocenters. The third-order valence-electron chi connectivity index (χ3n) is 4.03. The van der Waals surface area contributed by atoms with Crippen LogP contribution in [0.2, 0.25) is 0 Å². The zero-order chi connectivity index (χ0) is 17.8. The number of aryl methyl sites for hydroxylation is 1. The summed E-state index contributed by atoms with van der Waals surface area (Å²) in [5, 5.41) is 12.2. The summed E-state index contributed by atoms with van der Waals surface area (Å²) >= 11 is 0. The summed E-state index contributed by atoms with van der Waals surface area (Å²) < 4.78 is 7.16. The molecular formula is C17H21N5O3. The SMILES string of the molecule is CNC(=O)Cn1nc(NC(=O)NCc2cccc3c2OCC3)cc1C. The highest BCUT2D eigenvalue weighted by Crippen LogP contribution is 2.29. The second kappa shape index (κ2) is 7.25. The van der Waals surface area contributed by atoms with Gasteiger partial charge in [-0.15, -0.1) is 0 Å². The third-order valence-corrected chi connectivity index (χ3v) is 4.03. The molecule has 1 aromatic heterocycles. The summed E-state index contributed by atoms with van der Waals surface area (Å²) in [6, 6.07) is 7.29. The predicted molar refractivity (Wildman–Crippen MR) is 92.5 cm³/mol. The first-order chi connectivity index (χ1) is 12.1. The van der Waals surface area contributed by atoms with Gasteiger partial charge in [-0.2, -0.15) is 5.10 Å². The molecule has 0 fully saturated rings. The molecule has 3 N–H and O–H groups in total. The summed E-state index contributed by atoms with van der Waals surface area (Å²) in [5.74, 6) is 1.11. The summed E-state index contributed by atoms with van der Waals surface area (Å²) in [7, 11) is 1.57. The molecular weight excluding hydrogens is 322 g/mol. The normalized spacial score (nSPS) is 12.2. The van der Waals surface area contributed by atoms with E-state index in [0.717, 1.165) is 23.4 Å². The summed E-state index contributed by atoms with van der Waals surface area (Å²) in [6.07, 6.45) is 0.900. The lowest BCUT2D eigenvalue weighted by Crippen LogP contribution is -2.28. The number of rotatable bonds is 5. The number of nitrogens with zero attached hydrogens (tertiary/aromatic N) is 2. The molecule has 0 radical (unpaired) electrons. The van der Waals surface area contributed by atoms with Gasteiger partial charge >= 0.3 is 6.03 Å². The molecule has 3 amide bonds. The first-order valence-electron chi connectivity index (χ1n) is 8.10. The second-order valence-corrected chi connectivity index (χ2v) is 5.81. The van der Waals surface area contributed by atoms with Crippen LogP contribution < -0.4 is 20.7 Å². The number of likely N-dealkylation sites (N-methyl/N-ethyl adjacent to an activating group) is 1. The van der Waals surface area contributed by atoms with Gasteiger partial charge in [0.05, 0.1) is 6.61 Å². The van der Waals surface area contributed by atoms with Crippen molar-refractivity contribution in [1.82, 2.24) is 20.4 Å². The Kier molecular flexibility index (Phi) is 4.87. The lowest BCUT2D eigenvalue weighted by Gasteiger charge is -2.09. The maximum atomic E-state index is 12.1. The van der Waals surface area contributed by atoms with Crippen molar-refractivity contribution in [3.8, 4) is 5.75 Å². The molecule has 1 aromatic carbocycles. The predicted octanol–water partition coefficient (Wildman–Crippen LogP) is 1.19. The number of nitrogens with one attached hydrogen (secondary N) is 3. The van der Waals surface area contributed by atoms with E-state index in [4.69, 9.17) is 4.74 Å². The van der Waals surface area contributed by atoms with Crippen molar-refractivity contribution in [2.45, 2.75) is 26.4 Å². The quantitative estimate of drug-likeness (QED) is 0.760. The topological polar surface area (TPSA) is 97.3 Å². The lowest BCUT2D eigenvalue weighted by molar-refractivity contribution is -0.121. The van der Waals surface area contributed by atoms with E-state index in [1.807, 2.05) is 25.1 Å². The number of benzene rings is 1. The molecule has 0 saturated carbocycles. The molecule has 1 aliphatic rings. The van der Waals surface area contributed by atoms with Gasteiger partial charge in [0.15, 0.2) is 5.82 Å². The van der Waals surface area contributed by atoms with Crippen LogP contribution in [0.1, 0.15) is 16.8 Å². The highest BCUT2D eigenvalue weighted by Gasteiger charge is 2.16. The number of anilines is 1. The Hall–Kier alpha value is -3.03. The van der Waals surface area contributed by atoms with Gasteiger partial charge in [-0.25, -0.2) is 4.79 Å². The van der Waals surface area contributed by atoms with Crippen molar-refractivity contribution in [3.63, 3.8) is 0 Å². The van der Waals surface area contributed by atoms with Crippen LogP contribution in [0, 0.1) is 6.92 Å². The number of aromatic nitrogens is 2. The second-order valence-electron chi connectivity index (χ2n) is 5.81.